The molecule has 2 aromatic carbocycles. The molecule has 0 saturated heterocycles. The standard InChI is InChI=1S/C24H21N3O5S/c1-15-6-2-5-9-19(15)26-20(28)12-21-25-16(14-33-21)13-32-22(29)10-11-27-23(30)17-7-3-4-8-18(17)24(27)31/h2-9,14H,10-13H2,1H3,(H,26,28). The van der Waals surface area contributed by atoms with E-state index in [2.05, 4.69) is 10.3 Å². The zero-order valence-electron chi connectivity index (χ0n) is 17.9. The average molecular weight is 464 g/mol. The normalized spacial score (nSPS) is 12.6. The minimum atomic E-state index is -0.543. The molecule has 0 aliphatic carbocycles. The highest BCUT2D eigenvalue weighted by atomic mass is 32.1. The zero-order chi connectivity index (χ0) is 23.4. The number of hydrogen-bond donors (Lipinski definition) is 1. The summed E-state index contributed by atoms with van der Waals surface area (Å²) in [6.45, 7) is 1.82. The van der Waals surface area contributed by atoms with Crippen LogP contribution in [0.5, 0.6) is 0 Å². The number of ether oxygens (including phenoxy) is 1. The maximum Gasteiger partial charge on any atom is 0.307 e. The predicted octanol–water partition coefficient (Wildman–Crippen LogP) is 3.36. The predicted molar refractivity (Wildman–Crippen MR) is 122 cm³/mol. The molecule has 3 aromatic rings. The van der Waals surface area contributed by atoms with Crippen LogP contribution in [0.4, 0.5) is 5.69 Å². The van der Waals surface area contributed by atoms with Gasteiger partial charge in [-0.2, -0.15) is 0 Å². The number of esters is 1. The lowest BCUT2D eigenvalue weighted by molar-refractivity contribution is -0.145. The molecule has 9 heteroatoms. The number of aryl methyl sites for hydroxylation is 1. The maximum absolute atomic E-state index is 12.3. The lowest BCUT2D eigenvalue weighted by Gasteiger charge is -2.12. The van der Waals surface area contributed by atoms with Gasteiger partial charge in [0, 0.05) is 17.6 Å². The van der Waals surface area contributed by atoms with Crippen molar-refractivity contribution in [2.75, 3.05) is 11.9 Å². The number of hydrogen-bond acceptors (Lipinski definition) is 7. The van der Waals surface area contributed by atoms with Gasteiger partial charge in [-0.1, -0.05) is 30.3 Å². The number of fused-ring (bicyclic) bond motifs is 1. The van der Waals surface area contributed by atoms with E-state index in [9.17, 15) is 19.2 Å². The maximum atomic E-state index is 12.3. The Kier molecular flexibility index (Phi) is 6.60. The van der Waals surface area contributed by atoms with Crippen molar-refractivity contribution in [2.45, 2.75) is 26.4 Å². The second-order valence-corrected chi connectivity index (χ2v) is 8.43. The first-order chi connectivity index (χ1) is 15.9. The van der Waals surface area contributed by atoms with Crippen LogP contribution >= 0.6 is 11.3 Å². The highest BCUT2D eigenvalue weighted by Crippen LogP contribution is 2.22. The molecular formula is C24H21N3O5S. The summed E-state index contributed by atoms with van der Waals surface area (Å²) in [5, 5.41) is 5.20. The molecule has 2 heterocycles. The Morgan fingerprint density at radius 2 is 1.70 bits per heavy atom. The summed E-state index contributed by atoms with van der Waals surface area (Å²) in [5.41, 5.74) is 2.95. The monoisotopic (exact) mass is 463 g/mol. The number of para-hydroxylation sites is 1. The van der Waals surface area contributed by atoms with Crippen molar-refractivity contribution in [3.8, 4) is 0 Å². The molecule has 1 aromatic heterocycles. The number of nitrogens with one attached hydrogen (secondary N) is 1. The molecule has 1 N–H and O–H groups in total. The zero-order valence-corrected chi connectivity index (χ0v) is 18.7. The van der Waals surface area contributed by atoms with Gasteiger partial charge >= 0.3 is 5.97 Å². The number of rotatable bonds is 8. The Morgan fingerprint density at radius 1 is 1.03 bits per heavy atom. The topological polar surface area (TPSA) is 106 Å². The fourth-order valence-electron chi connectivity index (χ4n) is 3.41. The van der Waals surface area contributed by atoms with E-state index in [0.717, 1.165) is 16.2 Å². The van der Waals surface area contributed by atoms with Crippen LogP contribution in [0.25, 0.3) is 0 Å². The van der Waals surface area contributed by atoms with Crippen molar-refractivity contribution >= 4 is 40.7 Å². The fourth-order valence-corrected chi connectivity index (χ4v) is 4.19. The quantitative estimate of drug-likeness (QED) is 0.406. The number of benzene rings is 2. The molecule has 3 amide bonds. The van der Waals surface area contributed by atoms with Crippen LogP contribution < -0.4 is 5.32 Å². The number of imide groups is 1. The summed E-state index contributed by atoms with van der Waals surface area (Å²) in [6, 6.07) is 14.1. The first-order valence-corrected chi connectivity index (χ1v) is 11.2. The minimum absolute atomic E-state index is 0.0448. The fraction of sp³-hybridized carbons (Fsp3) is 0.208. The van der Waals surface area contributed by atoms with E-state index in [1.54, 1.807) is 29.6 Å². The van der Waals surface area contributed by atoms with E-state index >= 15 is 0 Å². The lowest BCUT2D eigenvalue weighted by Crippen LogP contribution is -2.32. The number of carbonyl (C=O) groups is 4. The van der Waals surface area contributed by atoms with Gasteiger partial charge in [0.25, 0.3) is 11.8 Å². The van der Waals surface area contributed by atoms with E-state index in [-0.39, 0.29) is 31.9 Å². The van der Waals surface area contributed by atoms with Crippen molar-refractivity contribution in [1.29, 1.82) is 0 Å². The van der Waals surface area contributed by atoms with Gasteiger partial charge in [-0.05, 0) is 30.7 Å². The molecule has 0 bridgehead atoms. The Balaban J connectivity index is 1.23. The second-order valence-electron chi connectivity index (χ2n) is 7.49. The van der Waals surface area contributed by atoms with Gasteiger partial charge in [-0.15, -0.1) is 11.3 Å². The van der Waals surface area contributed by atoms with E-state index in [0.29, 0.717) is 21.8 Å². The summed E-state index contributed by atoms with van der Waals surface area (Å²) in [5.74, 6) is -1.53. The molecule has 33 heavy (non-hydrogen) atoms. The molecule has 1 aliphatic heterocycles. The van der Waals surface area contributed by atoms with Crippen molar-refractivity contribution in [2.24, 2.45) is 0 Å². The highest BCUT2D eigenvalue weighted by Gasteiger charge is 2.35. The van der Waals surface area contributed by atoms with Gasteiger partial charge in [0.05, 0.1) is 29.7 Å². The molecule has 8 nitrogen and oxygen atoms in total. The molecule has 168 valence electrons. The summed E-state index contributed by atoms with van der Waals surface area (Å²) < 4.78 is 5.22. The number of amides is 3. The number of anilines is 1. The van der Waals surface area contributed by atoms with Gasteiger partial charge in [-0.25, -0.2) is 4.98 Å². The largest absolute Gasteiger partial charge is 0.459 e. The van der Waals surface area contributed by atoms with E-state index in [1.807, 2.05) is 31.2 Å². The number of thiazole rings is 1. The van der Waals surface area contributed by atoms with E-state index in [1.165, 1.54) is 11.3 Å². The van der Waals surface area contributed by atoms with Gasteiger partial charge in [-0.3, -0.25) is 24.1 Å². The van der Waals surface area contributed by atoms with Crippen LogP contribution in [-0.4, -0.2) is 40.1 Å². The third-order valence-electron chi connectivity index (χ3n) is 5.13. The summed E-state index contributed by atoms with van der Waals surface area (Å²) >= 11 is 1.31. The van der Waals surface area contributed by atoms with Crippen molar-refractivity contribution in [1.82, 2.24) is 9.88 Å². The number of carbonyl (C=O) groups excluding carboxylic acids is 4. The molecule has 0 atom stereocenters. The summed E-state index contributed by atoms with van der Waals surface area (Å²) in [6.07, 6.45) is 0.00792. The third kappa shape index (κ3) is 5.15. The van der Waals surface area contributed by atoms with Gasteiger partial charge in [0.2, 0.25) is 5.91 Å². The van der Waals surface area contributed by atoms with Gasteiger partial charge in [0.1, 0.15) is 11.6 Å². The first kappa shape index (κ1) is 22.3. The lowest BCUT2D eigenvalue weighted by atomic mass is 10.1. The number of nitrogens with zero attached hydrogens (tertiary/aromatic N) is 2. The first-order valence-electron chi connectivity index (χ1n) is 10.3. The summed E-state index contributed by atoms with van der Waals surface area (Å²) in [7, 11) is 0. The van der Waals surface area contributed by atoms with E-state index < -0.39 is 17.8 Å². The Hall–Kier alpha value is -3.85. The average Bonchev–Trinajstić information content (AvgIpc) is 3.35. The summed E-state index contributed by atoms with van der Waals surface area (Å²) in [4.78, 5) is 54.4. The Labute approximate surface area is 194 Å². The molecule has 0 fully saturated rings. The van der Waals surface area contributed by atoms with Gasteiger partial charge in [0.15, 0.2) is 0 Å². The van der Waals surface area contributed by atoms with Crippen LogP contribution in [0.15, 0.2) is 53.9 Å². The second kappa shape index (κ2) is 9.74. The third-order valence-corrected chi connectivity index (χ3v) is 6.03. The van der Waals surface area contributed by atoms with Crippen LogP contribution in [0.3, 0.4) is 0 Å². The highest BCUT2D eigenvalue weighted by molar-refractivity contribution is 7.09. The molecule has 0 radical (unpaired) electrons. The van der Waals surface area contributed by atoms with E-state index in [4.69, 9.17) is 4.74 Å². The molecule has 4 rings (SSSR count). The molecular weight excluding hydrogens is 442 g/mol. The van der Waals surface area contributed by atoms with Crippen molar-refractivity contribution in [3.05, 3.63) is 81.3 Å². The van der Waals surface area contributed by atoms with Gasteiger partial charge < -0.3 is 10.1 Å². The van der Waals surface area contributed by atoms with Crippen LogP contribution in [0, 0.1) is 6.92 Å². The van der Waals surface area contributed by atoms with Crippen LogP contribution in [0.1, 0.15) is 43.4 Å². The Morgan fingerprint density at radius 3 is 2.39 bits per heavy atom. The smallest absolute Gasteiger partial charge is 0.307 e. The number of aromatic nitrogens is 1. The van der Waals surface area contributed by atoms with Crippen molar-refractivity contribution in [3.63, 3.8) is 0 Å². The van der Waals surface area contributed by atoms with Crippen LogP contribution in [0.2, 0.25) is 0 Å². The van der Waals surface area contributed by atoms with Crippen LogP contribution in [-0.2, 0) is 27.4 Å². The molecule has 0 saturated carbocycles. The van der Waals surface area contributed by atoms with Crippen molar-refractivity contribution < 1.29 is 23.9 Å². The minimum Gasteiger partial charge on any atom is -0.459 e. The molecule has 1 aliphatic rings. The molecule has 0 spiro atoms. The SMILES string of the molecule is Cc1ccccc1NC(=O)Cc1nc(COC(=O)CCN2C(=O)c3ccccc3C2=O)cs1. The molecule has 0 unspecified atom stereocenters. The Bertz CT molecular complexity index is 1200.